The number of halogens is 1. The molecule has 0 rings (SSSR count). The zero-order chi connectivity index (χ0) is 14.6. The van der Waals surface area contributed by atoms with E-state index in [1.54, 1.807) is 41.5 Å². The Kier molecular flexibility index (Phi) is 5.93. The first-order valence-electron chi connectivity index (χ1n) is 5.77. The molecule has 0 saturated heterocycles. The SMILES string of the molecule is CC(C)[C@@](C)(NC(=O)OC(C)(C)C)C(=O)OCCl. The molecule has 106 valence electrons. The summed E-state index contributed by atoms with van der Waals surface area (Å²) in [5, 5.41) is 2.54. The quantitative estimate of drug-likeness (QED) is 0.635. The maximum Gasteiger partial charge on any atom is 0.408 e. The van der Waals surface area contributed by atoms with Crippen LogP contribution in [0.1, 0.15) is 41.5 Å². The van der Waals surface area contributed by atoms with Gasteiger partial charge in [0.15, 0.2) is 6.07 Å². The number of ether oxygens (including phenoxy) is 2. The van der Waals surface area contributed by atoms with Gasteiger partial charge in [-0.2, -0.15) is 0 Å². The molecule has 0 spiro atoms. The Bertz CT molecular complexity index is 312. The van der Waals surface area contributed by atoms with Crippen molar-refractivity contribution in [2.24, 2.45) is 5.92 Å². The van der Waals surface area contributed by atoms with Crippen LogP contribution in [0.3, 0.4) is 0 Å². The molecule has 0 aromatic carbocycles. The maximum atomic E-state index is 11.8. The van der Waals surface area contributed by atoms with Crippen molar-refractivity contribution >= 4 is 23.7 Å². The third kappa shape index (κ3) is 5.12. The van der Waals surface area contributed by atoms with Gasteiger partial charge in [-0.15, -0.1) is 0 Å². The highest BCUT2D eigenvalue weighted by molar-refractivity contribution is 6.17. The Hall–Kier alpha value is -0.970. The molecule has 0 bridgehead atoms. The van der Waals surface area contributed by atoms with Crippen LogP contribution in [0.4, 0.5) is 4.79 Å². The Morgan fingerprint density at radius 3 is 2.06 bits per heavy atom. The number of carbonyl (C=O) groups excluding carboxylic acids is 2. The Balaban J connectivity index is 4.83. The molecule has 0 aliphatic heterocycles. The number of hydrogen-bond donors (Lipinski definition) is 1. The van der Waals surface area contributed by atoms with E-state index in [1.807, 2.05) is 0 Å². The van der Waals surface area contributed by atoms with Gasteiger partial charge in [-0.3, -0.25) is 0 Å². The predicted molar refractivity (Wildman–Crippen MR) is 69.4 cm³/mol. The van der Waals surface area contributed by atoms with Gasteiger partial charge in [0.2, 0.25) is 0 Å². The van der Waals surface area contributed by atoms with Crippen LogP contribution < -0.4 is 5.32 Å². The lowest BCUT2D eigenvalue weighted by atomic mass is 9.88. The van der Waals surface area contributed by atoms with Gasteiger partial charge < -0.3 is 14.8 Å². The predicted octanol–water partition coefficient (Wildman–Crippen LogP) is 2.67. The molecule has 0 saturated carbocycles. The lowest BCUT2D eigenvalue weighted by molar-refractivity contribution is -0.150. The van der Waals surface area contributed by atoms with E-state index in [-0.39, 0.29) is 12.0 Å². The molecule has 0 heterocycles. The zero-order valence-corrected chi connectivity index (χ0v) is 12.6. The summed E-state index contributed by atoms with van der Waals surface area (Å²) in [6.45, 7) is 10.4. The lowest BCUT2D eigenvalue weighted by Crippen LogP contribution is -2.57. The normalized spacial score (nSPS) is 14.9. The number of carbonyl (C=O) groups is 2. The van der Waals surface area contributed by atoms with Gasteiger partial charge in [0.05, 0.1) is 0 Å². The van der Waals surface area contributed by atoms with Gasteiger partial charge in [0.25, 0.3) is 0 Å². The van der Waals surface area contributed by atoms with E-state index >= 15 is 0 Å². The summed E-state index contributed by atoms with van der Waals surface area (Å²) >= 11 is 5.36. The second kappa shape index (κ2) is 6.27. The molecule has 0 aliphatic rings. The van der Waals surface area contributed by atoms with Crippen molar-refractivity contribution in [1.82, 2.24) is 5.32 Å². The third-order valence-corrected chi connectivity index (χ3v) is 2.63. The fraction of sp³-hybridized carbons (Fsp3) is 0.833. The molecule has 0 fully saturated rings. The molecule has 1 atom stereocenters. The van der Waals surface area contributed by atoms with E-state index in [2.05, 4.69) is 5.32 Å². The summed E-state index contributed by atoms with van der Waals surface area (Å²) in [7, 11) is 0. The third-order valence-electron chi connectivity index (χ3n) is 2.53. The van der Waals surface area contributed by atoms with E-state index in [1.165, 1.54) is 0 Å². The largest absolute Gasteiger partial charge is 0.448 e. The van der Waals surface area contributed by atoms with Crippen LogP contribution in [0.5, 0.6) is 0 Å². The highest BCUT2D eigenvalue weighted by atomic mass is 35.5. The molecule has 0 aromatic rings. The minimum absolute atomic E-state index is 0.166. The number of alkyl halides is 1. The van der Waals surface area contributed by atoms with Crippen molar-refractivity contribution < 1.29 is 19.1 Å². The average Bonchev–Trinajstić information content (AvgIpc) is 2.14. The first-order chi connectivity index (χ1) is 8.03. The van der Waals surface area contributed by atoms with Crippen LogP contribution in [-0.4, -0.2) is 29.3 Å². The molecule has 0 radical (unpaired) electrons. The second-order valence-corrected chi connectivity index (χ2v) is 5.74. The highest BCUT2D eigenvalue weighted by Gasteiger charge is 2.40. The van der Waals surface area contributed by atoms with Crippen molar-refractivity contribution in [1.29, 1.82) is 0 Å². The summed E-state index contributed by atoms with van der Waals surface area (Å²) in [6.07, 6.45) is -0.662. The summed E-state index contributed by atoms with van der Waals surface area (Å²) in [6, 6.07) is -0.253. The van der Waals surface area contributed by atoms with Gasteiger partial charge in [0, 0.05) is 0 Å². The van der Waals surface area contributed by atoms with Crippen molar-refractivity contribution in [3.05, 3.63) is 0 Å². The average molecular weight is 280 g/mol. The molecule has 18 heavy (non-hydrogen) atoms. The highest BCUT2D eigenvalue weighted by Crippen LogP contribution is 2.20. The van der Waals surface area contributed by atoms with Crippen LogP contribution in [0, 0.1) is 5.92 Å². The Morgan fingerprint density at radius 1 is 1.22 bits per heavy atom. The minimum atomic E-state index is -1.17. The number of alkyl carbamates (subject to hydrolysis) is 1. The number of amides is 1. The molecular formula is C12H22ClNO4. The Morgan fingerprint density at radius 2 is 1.72 bits per heavy atom. The second-order valence-electron chi connectivity index (χ2n) is 5.52. The molecule has 0 aliphatic carbocycles. The first kappa shape index (κ1) is 17.0. The maximum absolute atomic E-state index is 11.8. The lowest BCUT2D eigenvalue weighted by Gasteiger charge is -2.32. The summed E-state index contributed by atoms with van der Waals surface area (Å²) < 4.78 is 9.88. The van der Waals surface area contributed by atoms with Crippen LogP contribution in [0.25, 0.3) is 0 Å². The number of rotatable bonds is 4. The van der Waals surface area contributed by atoms with Crippen LogP contribution in [0.2, 0.25) is 0 Å². The minimum Gasteiger partial charge on any atom is -0.448 e. The topological polar surface area (TPSA) is 64.6 Å². The van der Waals surface area contributed by atoms with Gasteiger partial charge >= 0.3 is 12.1 Å². The van der Waals surface area contributed by atoms with Gasteiger partial charge in [-0.25, -0.2) is 9.59 Å². The van der Waals surface area contributed by atoms with Crippen molar-refractivity contribution in [3.63, 3.8) is 0 Å². The molecule has 1 N–H and O–H groups in total. The Labute approximate surface area is 113 Å². The first-order valence-corrected chi connectivity index (χ1v) is 6.30. The fourth-order valence-electron chi connectivity index (χ4n) is 1.15. The number of nitrogens with one attached hydrogen (secondary N) is 1. The number of hydrogen-bond acceptors (Lipinski definition) is 4. The molecule has 0 aromatic heterocycles. The zero-order valence-electron chi connectivity index (χ0n) is 11.8. The summed E-state index contributed by atoms with van der Waals surface area (Å²) in [5.41, 5.74) is -1.80. The monoisotopic (exact) mass is 279 g/mol. The van der Waals surface area contributed by atoms with E-state index in [0.29, 0.717) is 0 Å². The molecular weight excluding hydrogens is 258 g/mol. The van der Waals surface area contributed by atoms with Gasteiger partial charge in [-0.05, 0) is 33.6 Å². The van der Waals surface area contributed by atoms with Crippen LogP contribution in [-0.2, 0) is 14.3 Å². The van der Waals surface area contributed by atoms with E-state index < -0.39 is 23.2 Å². The van der Waals surface area contributed by atoms with Crippen molar-refractivity contribution in [2.75, 3.05) is 6.07 Å². The van der Waals surface area contributed by atoms with Crippen LogP contribution in [0.15, 0.2) is 0 Å². The smallest absolute Gasteiger partial charge is 0.408 e. The van der Waals surface area contributed by atoms with Gasteiger partial charge in [-0.1, -0.05) is 25.4 Å². The van der Waals surface area contributed by atoms with E-state index in [4.69, 9.17) is 21.1 Å². The van der Waals surface area contributed by atoms with E-state index in [9.17, 15) is 9.59 Å². The summed E-state index contributed by atoms with van der Waals surface area (Å²) in [5.74, 6) is -0.751. The standard InChI is InChI=1S/C12H22ClNO4/c1-8(2)12(6,9(15)17-7-13)14-10(16)18-11(3,4)5/h8H,7H2,1-6H3,(H,14,16)/t12-/m1/s1. The number of esters is 1. The van der Waals surface area contributed by atoms with Crippen LogP contribution >= 0.6 is 11.6 Å². The van der Waals surface area contributed by atoms with Crippen molar-refractivity contribution in [2.45, 2.75) is 52.7 Å². The fourth-order valence-corrected chi connectivity index (χ4v) is 1.25. The van der Waals surface area contributed by atoms with E-state index in [0.717, 1.165) is 0 Å². The summed E-state index contributed by atoms with van der Waals surface area (Å²) in [4.78, 5) is 23.5. The van der Waals surface area contributed by atoms with Gasteiger partial charge in [0.1, 0.15) is 11.1 Å². The van der Waals surface area contributed by atoms with Crippen molar-refractivity contribution in [3.8, 4) is 0 Å². The molecule has 5 nitrogen and oxygen atoms in total. The molecule has 6 heteroatoms. The molecule has 0 unspecified atom stereocenters. The molecule has 1 amide bonds.